The first-order chi connectivity index (χ1) is 40.7. The zero-order valence-electron chi connectivity index (χ0n) is 44.4. The summed E-state index contributed by atoms with van der Waals surface area (Å²) in [6, 6.07) is 105. The van der Waals surface area contributed by atoms with Gasteiger partial charge in [0.05, 0.1) is 49.8 Å². The molecule has 0 aliphatic heterocycles. The highest BCUT2D eigenvalue weighted by atomic mass is 15.2. The molecule has 0 N–H and O–H groups in total. The Balaban J connectivity index is 0.885. The molecule has 0 saturated carbocycles. The number of rotatable bonds is 8. The van der Waals surface area contributed by atoms with Crippen LogP contribution < -0.4 is 0 Å². The molecule has 0 fully saturated rings. The predicted octanol–water partition coefficient (Wildman–Crippen LogP) is 19.5. The number of benzene rings is 12. The van der Waals surface area contributed by atoms with E-state index in [4.69, 9.17) is 9.97 Å². The molecule has 6 nitrogen and oxygen atoms in total. The molecule has 0 spiro atoms. The Morgan fingerprint density at radius 3 is 1.10 bits per heavy atom. The SMILES string of the molecule is c1ccc(-c2cccc(-c3cc(-n4c5ccccc5c5ccc(-c6ccc7c(c6)c6ccccc6n7-c6ccccc6)cc54)nc(-n4c5ccccc5c5ccc(-c6ccc7c(c6)c6ccccc6n7-c6ccccc6)cc54)n3)c2)cc1. The molecule has 0 aliphatic carbocycles. The fourth-order valence-electron chi connectivity index (χ4n) is 13.1. The van der Waals surface area contributed by atoms with E-state index in [0.29, 0.717) is 5.95 Å². The molecule has 12 aromatic carbocycles. The van der Waals surface area contributed by atoms with Crippen LogP contribution in [0.15, 0.2) is 291 Å². The van der Waals surface area contributed by atoms with Crippen LogP contribution in [0.3, 0.4) is 0 Å². The molecule has 17 rings (SSSR count). The summed E-state index contributed by atoms with van der Waals surface area (Å²) in [7, 11) is 0. The van der Waals surface area contributed by atoms with Gasteiger partial charge in [0.25, 0.3) is 0 Å². The minimum Gasteiger partial charge on any atom is -0.309 e. The molecule has 0 saturated heterocycles. The van der Waals surface area contributed by atoms with Gasteiger partial charge in [-0.25, -0.2) is 4.98 Å². The molecule has 0 unspecified atom stereocenters. The van der Waals surface area contributed by atoms with Gasteiger partial charge in [-0.1, -0.05) is 194 Å². The lowest BCUT2D eigenvalue weighted by molar-refractivity contribution is 0.952. The van der Waals surface area contributed by atoms with Crippen LogP contribution in [0.25, 0.3) is 155 Å². The zero-order chi connectivity index (χ0) is 53.8. The van der Waals surface area contributed by atoms with Gasteiger partial charge in [-0.2, -0.15) is 4.98 Å². The number of nitrogens with zero attached hydrogens (tertiary/aromatic N) is 6. The lowest BCUT2D eigenvalue weighted by Gasteiger charge is -2.15. The smallest absolute Gasteiger partial charge is 0.237 e. The second kappa shape index (κ2) is 18.2. The normalized spacial score (nSPS) is 11.9. The van der Waals surface area contributed by atoms with E-state index in [1.807, 2.05) is 0 Å². The molecule has 5 heterocycles. The van der Waals surface area contributed by atoms with Crippen LogP contribution in [0.2, 0.25) is 0 Å². The molecule has 0 amide bonds. The number of para-hydroxylation sites is 6. The summed E-state index contributed by atoms with van der Waals surface area (Å²) in [4.78, 5) is 11.4. The largest absolute Gasteiger partial charge is 0.309 e. The minimum atomic E-state index is 0.588. The third-order valence-corrected chi connectivity index (χ3v) is 16.8. The van der Waals surface area contributed by atoms with E-state index in [1.165, 1.54) is 43.6 Å². The van der Waals surface area contributed by atoms with Crippen LogP contribution >= 0.6 is 0 Å². The van der Waals surface area contributed by atoms with Crippen molar-refractivity contribution in [3.63, 3.8) is 0 Å². The van der Waals surface area contributed by atoms with Gasteiger partial charge in [0.2, 0.25) is 5.95 Å². The minimum absolute atomic E-state index is 0.588. The van der Waals surface area contributed by atoms with Crippen LogP contribution in [-0.2, 0) is 0 Å². The van der Waals surface area contributed by atoms with Gasteiger partial charge in [0.15, 0.2) is 0 Å². The van der Waals surface area contributed by atoms with E-state index in [1.54, 1.807) is 0 Å². The Bertz CT molecular complexity index is 5100. The van der Waals surface area contributed by atoms with Gasteiger partial charge in [0, 0.05) is 66.1 Å². The van der Waals surface area contributed by atoms with E-state index in [9.17, 15) is 0 Å². The third kappa shape index (κ3) is 7.15. The van der Waals surface area contributed by atoms with Gasteiger partial charge >= 0.3 is 0 Å². The number of hydrogen-bond donors (Lipinski definition) is 0. The number of hydrogen-bond acceptors (Lipinski definition) is 2. The van der Waals surface area contributed by atoms with Crippen molar-refractivity contribution in [2.75, 3.05) is 0 Å². The Hall–Kier alpha value is -11.1. The van der Waals surface area contributed by atoms with Crippen molar-refractivity contribution >= 4 is 87.2 Å². The van der Waals surface area contributed by atoms with Gasteiger partial charge in [0.1, 0.15) is 5.82 Å². The highest BCUT2D eigenvalue weighted by Gasteiger charge is 2.22. The lowest BCUT2D eigenvalue weighted by Crippen LogP contribution is -2.07. The topological polar surface area (TPSA) is 45.5 Å². The first-order valence-electron chi connectivity index (χ1n) is 28.0. The van der Waals surface area contributed by atoms with Crippen molar-refractivity contribution < 1.29 is 0 Å². The maximum atomic E-state index is 5.75. The van der Waals surface area contributed by atoms with E-state index >= 15 is 0 Å². The average Bonchev–Trinajstić information content (AvgIpc) is 4.44. The van der Waals surface area contributed by atoms with Crippen LogP contribution in [0.1, 0.15) is 0 Å². The van der Waals surface area contributed by atoms with E-state index in [-0.39, 0.29) is 0 Å². The van der Waals surface area contributed by atoms with Crippen molar-refractivity contribution in [3.8, 4) is 67.8 Å². The van der Waals surface area contributed by atoms with Crippen molar-refractivity contribution in [1.29, 1.82) is 0 Å². The number of aromatic nitrogens is 6. The maximum absolute atomic E-state index is 5.75. The van der Waals surface area contributed by atoms with Gasteiger partial charge in [-0.3, -0.25) is 9.13 Å². The fourth-order valence-corrected chi connectivity index (χ4v) is 13.1. The van der Waals surface area contributed by atoms with Gasteiger partial charge in [-0.05, 0) is 124 Å². The molecule has 382 valence electrons. The zero-order valence-corrected chi connectivity index (χ0v) is 44.4. The van der Waals surface area contributed by atoms with Crippen LogP contribution in [-0.4, -0.2) is 28.2 Å². The first-order valence-corrected chi connectivity index (χ1v) is 28.0. The highest BCUT2D eigenvalue weighted by molar-refractivity contribution is 6.14. The molecule has 0 bridgehead atoms. The summed E-state index contributed by atoms with van der Waals surface area (Å²) in [6.07, 6.45) is 0. The van der Waals surface area contributed by atoms with Crippen molar-refractivity contribution in [3.05, 3.63) is 291 Å². The Morgan fingerprint density at radius 1 is 0.195 bits per heavy atom. The quantitative estimate of drug-likeness (QED) is 0.152. The summed E-state index contributed by atoms with van der Waals surface area (Å²) < 4.78 is 9.38. The molecular weight excluding hydrogens is 997 g/mol. The molecule has 0 radical (unpaired) electrons. The van der Waals surface area contributed by atoms with Crippen LogP contribution in [0.4, 0.5) is 0 Å². The molecule has 0 atom stereocenters. The second-order valence-electron chi connectivity index (χ2n) is 21.4. The van der Waals surface area contributed by atoms with Gasteiger partial charge < -0.3 is 9.13 Å². The standard InChI is InChI=1S/C76H48N6/c1-4-19-49(20-5-1)50-21-18-22-55(43-50)66-48-75(81-69-33-16-10-27-58(69)62-39-35-53(46-73(62)81)51-37-41-71-64(44-51)60-29-12-14-31-67(60)79(71)56-23-6-2-7-24-56)78-76(77-66)82-70-34-17-11-28-59(70)63-40-36-54(47-74(63)82)52-38-42-72-65(45-52)61-30-13-15-32-68(61)80(72)57-25-8-3-9-26-57/h1-48H. The van der Waals surface area contributed by atoms with Crippen LogP contribution in [0.5, 0.6) is 0 Å². The first kappa shape index (κ1) is 45.9. The summed E-state index contributed by atoms with van der Waals surface area (Å²) in [6.45, 7) is 0. The monoisotopic (exact) mass is 1040 g/mol. The highest BCUT2D eigenvalue weighted by Crippen LogP contribution is 2.42. The summed E-state index contributed by atoms with van der Waals surface area (Å²) >= 11 is 0. The summed E-state index contributed by atoms with van der Waals surface area (Å²) in [5, 5.41) is 9.44. The predicted molar refractivity (Wildman–Crippen MR) is 341 cm³/mol. The van der Waals surface area contributed by atoms with Gasteiger partial charge in [-0.15, -0.1) is 0 Å². The molecule has 82 heavy (non-hydrogen) atoms. The van der Waals surface area contributed by atoms with Crippen molar-refractivity contribution in [1.82, 2.24) is 28.2 Å². The van der Waals surface area contributed by atoms with E-state index in [2.05, 4.69) is 309 Å². The van der Waals surface area contributed by atoms with Crippen LogP contribution in [0, 0.1) is 0 Å². The molecular formula is C76H48N6. The lowest BCUT2D eigenvalue weighted by atomic mass is 10.0. The van der Waals surface area contributed by atoms with Crippen molar-refractivity contribution in [2.45, 2.75) is 0 Å². The Kier molecular flexibility index (Phi) is 10.2. The summed E-state index contributed by atoms with van der Waals surface area (Å²) in [5.74, 6) is 1.36. The molecule has 17 aromatic rings. The summed E-state index contributed by atoms with van der Waals surface area (Å²) in [5.41, 5.74) is 19.8. The average molecular weight is 1050 g/mol. The fraction of sp³-hybridized carbons (Fsp3) is 0. The Morgan fingerprint density at radius 2 is 0.561 bits per heavy atom. The van der Waals surface area contributed by atoms with Crippen molar-refractivity contribution in [2.24, 2.45) is 0 Å². The molecule has 5 aromatic heterocycles. The third-order valence-electron chi connectivity index (χ3n) is 16.8. The second-order valence-corrected chi connectivity index (χ2v) is 21.4. The van der Waals surface area contributed by atoms with E-state index in [0.717, 1.165) is 105 Å². The Labute approximate surface area is 471 Å². The number of fused-ring (bicyclic) bond motifs is 12. The maximum Gasteiger partial charge on any atom is 0.237 e. The van der Waals surface area contributed by atoms with E-state index < -0.39 is 0 Å². The molecule has 0 aliphatic rings. The molecule has 6 heteroatoms.